The predicted octanol–water partition coefficient (Wildman–Crippen LogP) is 4.76. The first-order chi connectivity index (χ1) is 10.1. The minimum absolute atomic E-state index is 0.376. The highest BCUT2D eigenvalue weighted by Crippen LogP contribution is 2.29. The molecule has 2 N–H and O–H groups in total. The number of halogens is 2. The van der Waals surface area contributed by atoms with Crippen molar-refractivity contribution >= 4 is 40.2 Å². The first-order valence-corrected chi connectivity index (χ1v) is 7.91. The standard InChI is InChI=1S/C14H12Cl2N4S/c1-8-5-11(15)19-14(16)12(8)17-6-9-7-18-20-13(9)10-3-2-4-21-10/h2-5,7,17H,6H2,1H3,(H,18,20). The molecule has 21 heavy (non-hydrogen) atoms. The van der Waals surface area contributed by atoms with Gasteiger partial charge in [-0.05, 0) is 30.0 Å². The van der Waals surface area contributed by atoms with Gasteiger partial charge in [0.1, 0.15) is 5.15 Å². The molecule has 3 aromatic heterocycles. The first kappa shape index (κ1) is 14.4. The molecular weight excluding hydrogens is 327 g/mol. The Morgan fingerprint density at radius 1 is 1.38 bits per heavy atom. The van der Waals surface area contributed by atoms with Crippen molar-refractivity contribution in [2.45, 2.75) is 13.5 Å². The molecule has 7 heteroatoms. The number of aryl methyl sites for hydroxylation is 1. The number of aromatic nitrogens is 3. The molecule has 0 radical (unpaired) electrons. The Balaban J connectivity index is 1.82. The Kier molecular flexibility index (Phi) is 4.14. The van der Waals surface area contributed by atoms with Gasteiger partial charge in [-0.1, -0.05) is 29.3 Å². The zero-order valence-corrected chi connectivity index (χ0v) is 13.5. The van der Waals surface area contributed by atoms with Crippen LogP contribution in [0.5, 0.6) is 0 Å². The average molecular weight is 339 g/mol. The van der Waals surface area contributed by atoms with Crippen LogP contribution in [0.3, 0.4) is 0 Å². The number of hydrogen-bond donors (Lipinski definition) is 2. The summed E-state index contributed by atoms with van der Waals surface area (Å²) in [6, 6.07) is 5.86. The van der Waals surface area contributed by atoms with E-state index in [9.17, 15) is 0 Å². The molecule has 0 aliphatic heterocycles. The van der Waals surface area contributed by atoms with Crippen LogP contribution in [0.2, 0.25) is 10.3 Å². The normalized spacial score (nSPS) is 10.8. The fourth-order valence-corrected chi connectivity index (χ4v) is 3.42. The van der Waals surface area contributed by atoms with Crippen molar-refractivity contribution in [3.63, 3.8) is 0 Å². The van der Waals surface area contributed by atoms with Crippen LogP contribution in [0.15, 0.2) is 29.8 Å². The molecule has 0 atom stereocenters. The van der Waals surface area contributed by atoms with Crippen molar-refractivity contribution in [2.24, 2.45) is 0 Å². The summed E-state index contributed by atoms with van der Waals surface area (Å²) in [4.78, 5) is 5.21. The van der Waals surface area contributed by atoms with Crippen LogP contribution in [0.4, 0.5) is 5.69 Å². The van der Waals surface area contributed by atoms with E-state index in [4.69, 9.17) is 23.2 Å². The van der Waals surface area contributed by atoms with Crippen LogP contribution in [0.1, 0.15) is 11.1 Å². The van der Waals surface area contributed by atoms with Gasteiger partial charge in [0.25, 0.3) is 0 Å². The van der Waals surface area contributed by atoms with Crippen LogP contribution in [-0.2, 0) is 6.54 Å². The van der Waals surface area contributed by atoms with E-state index in [1.807, 2.05) is 24.6 Å². The molecule has 3 aromatic rings. The van der Waals surface area contributed by atoms with Gasteiger partial charge in [-0.3, -0.25) is 5.10 Å². The molecular formula is C14H12Cl2N4S. The minimum Gasteiger partial charge on any atom is -0.378 e. The van der Waals surface area contributed by atoms with Gasteiger partial charge in [0.2, 0.25) is 0 Å². The molecule has 0 bridgehead atoms. The third-order valence-electron chi connectivity index (χ3n) is 3.08. The molecule has 0 aliphatic rings. The zero-order valence-electron chi connectivity index (χ0n) is 11.2. The molecule has 3 rings (SSSR count). The summed E-state index contributed by atoms with van der Waals surface area (Å²) in [6.07, 6.45) is 1.81. The number of aromatic amines is 1. The lowest BCUT2D eigenvalue weighted by molar-refractivity contribution is 1.10. The summed E-state index contributed by atoms with van der Waals surface area (Å²) < 4.78 is 0. The minimum atomic E-state index is 0.376. The Bertz CT molecular complexity index is 729. The van der Waals surface area contributed by atoms with Gasteiger partial charge in [-0.25, -0.2) is 4.98 Å². The largest absolute Gasteiger partial charge is 0.378 e. The van der Waals surface area contributed by atoms with Crippen molar-refractivity contribution in [2.75, 3.05) is 5.32 Å². The molecule has 0 fully saturated rings. The fraction of sp³-hybridized carbons (Fsp3) is 0.143. The lowest BCUT2D eigenvalue weighted by atomic mass is 10.2. The maximum atomic E-state index is 6.13. The van der Waals surface area contributed by atoms with Gasteiger partial charge in [-0.2, -0.15) is 5.10 Å². The van der Waals surface area contributed by atoms with Gasteiger partial charge in [0, 0.05) is 12.1 Å². The third kappa shape index (κ3) is 3.05. The number of pyridine rings is 1. The second-order valence-electron chi connectivity index (χ2n) is 4.53. The molecule has 0 aromatic carbocycles. The summed E-state index contributed by atoms with van der Waals surface area (Å²) >= 11 is 13.7. The van der Waals surface area contributed by atoms with Crippen molar-refractivity contribution in [3.05, 3.63) is 51.2 Å². The maximum absolute atomic E-state index is 6.13. The van der Waals surface area contributed by atoms with E-state index in [0.29, 0.717) is 16.9 Å². The number of nitrogens with zero attached hydrogens (tertiary/aromatic N) is 2. The molecule has 3 heterocycles. The summed E-state index contributed by atoms with van der Waals surface area (Å²) in [5.41, 5.74) is 3.84. The van der Waals surface area contributed by atoms with E-state index in [-0.39, 0.29) is 0 Å². The van der Waals surface area contributed by atoms with Gasteiger partial charge in [-0.15, -0.1) is 11.3 Å². The van der Waals surface area contributed by atoms with Gasteiger partial charge in [0.05, 0.1) is 22.5 Å². The van der Waals surface area contributed by atoms with Crippen LogP contribution >= 0.6 is 34.5 Å². The maximum Gasteiger partial charge on any atom is 0.154 e. The van der Waals surface area contributed by atoms with E-state index >= 15 is 0 Å². The Morgan fingerprint density at radius 3 is 2.95 bits per heavy atom. The smallest absolute Gasteiger partial charge is 0.154 e. The highest BCUT2D eigenvalue weighted by atomic mass is 35.5. The number of anilines is 1. The number of thiophene rings is 1. The van der Waals surface area contributed by atoms with Gasteiger partial charge < -0.3 is 5.32 Å². The van der Waals surface area contributed by atoms with E-state index < -0.39 is 0 Å². The highest BCUT2D eigenvalue weighted by molar-refractivity contribution is 7.13. The molecule has 0 saturated carbocycles. The fourth-order valence-electron chi connectivity index (χ4n) is 2.07. The van der Waals surface area contributed by atoms with Gasteiger partial charge >= 0.3 is 0 Å². The average Bonchev–Trinajstić information content (AvgIpc) is 3.07. The molecule has 0 unspecified atom stereocenters. The number of H-pyrrole nitrogens is 1. The first-order valence-electron chi connectivity index (χ1n) is 6.28. The Morgan fingerprint density at radius 2 is 2.24 bits per heavy atom. The second kappa shape index (κ2) is 6.05. The lowest BCUT2D eigenvalue weighted by Crippen LogP contribution is -2.03. The van der Waals surface area contributed by atoms with Crippen LogP contribution in [-0.4, -0.2) is 15.2 Å². The van der Waals surface area contributed by atoms with Crippen LogP contribution < -0.4 is 5.32 Å². The van der Waals surface area contributed by atoms with E-state index in [1.54, 1.807) is 17.4 Å². The highest BCUT2D eigenvalue weighted by Gasteiger charge is 2.11. The number of hydrogen-bond acceptors (Lipinski definition) is 4. The number of rotatable bonds is 4. The Labute approximate surface area is 136 Å². The van der Waals surface area contributed by atoms with Crippen molar-refractivity contribution in [1.29, 1.82) is 0 Å². The predicted molar refractivity (Wildman–Crippen MR) is 88.2 cm³/mol. The van der Waals surface area contributed by atoms with E-state index in [0.717, 1.165) is 27.4 Å². The summed E-state index contributed by atoms with van der Waals surface area (Å²) in [7, 11) is 0. The van der Waals surface area contributed by atoms with Crippen LogP contribution in [0.25, 0.3) is 10.6 Å². The molecule has 0 saturated heterocycles. The van der Waals surface area contributed by atoms with Gasteiger partial charge in [0.15, 0.2) is 5.15 Å². The van der Waals surface area contributed by atoms with Crippen molar-refractivity contribution in [1.82, 2.24) is 15.2 Å². The molecule has 4 nitrogen and oxygen atoms in total. The van der Waals surface area contributed by atoms with Crippen LogP contribution in [0, 0.1) is 6.92 Å². The quantitative estimate of drug-likeness (QED) is 0.674. The zero-order chi connectivity index (χ0) is 14.8. The summed E-state index contributed by atoms with van der Waals surface area (Å²) in [5, 5.41) is 13.3. The SMILES string of the molecule is Cc1cc(Cl)nc(Cl)c1NCc1cn[nH]c1-c1cccs1. The summed E-state index contributed by atoms with van der Waals surface area (Å²) in [5.74, 6) is 0. The summed E-state index contributed by atoms with van der Waals surface area (Å²) in [6.45, 7) is 2.55. The molecule has 0 aliphatic carbocycles. The van der Waals surface area contributed by atoms with Crippen molar-refractivity contribution < 1.29 is 0 Å². The second-order valence-corrected chi connectivity index (χ2v) is 6.22. The Hall–Kier alpha value is -1.56. The molecule has 0 amide bonds. The monoisotopic (exact) mass is 338 g/mol. The number of nitrogens with one attached hydrogen (secondary N) is 2. The third-order valence-corrected chi connectivity index (χ3v) is 4.44. The topological polar surface area (TPSA) is 53.6 Å². The van der Waals surface area contributed by atoms with E-state index in [1.165, 1.54) is 0 Å². The molecule has 0 spiro atoms. The van der Waals surface area contributed by atoms with Crippen molar-refractivity contribution in [3.8, 4) is 10.6 Å². The lowest BCUT2D eigenvalue weighted by Gasteiger charge is -2.11. The molecule has 108 valence electrons. The van der Waals surface area contributed by atoms with E-state index in [2.05, 4.69) is 26.6 Å².